The molecule has 4 rings (SSSR count). The monoisotopic (exact) mass is 349 g/mol. The largest absolute Gasteiger partial charge is 0.289 e. The molecule has 7 heteroatoms. The van der Waals surface area contributed by atoms with Gasteiger partial charge in [-0.3, -0.25) is 15.1 Å². The van der Waals surface area contributed by atoms with Crippen molar-refractivity contribution < 1.29 is 4.79 Å². The molecule has 0 radical (unpaired) electrons. The van der Waals surface area contributed by atoms with Crippen molar-refractivity contribution in [2.75, 3.05) is 5.32 Å². The van der Waals surface area contributed by atoms with Crippen molar-refractivity contribution in [2.24, 2.45) is 0 Å². The first kappa shape index (κ1) is 15.5. The lowest BCUT2D eigenvalue weighted by atomic mass is 10.0. The van der Waals surface area contributed by atoms with Crippen molar-refractivity contribution in [2.45, 2.75) is 13.8 Å². The molecule has 0 aliphatic carbocycles. The number of hydrogen-bond acceptors (Lipinski definition) is 5. The number of nitrogens with one attached hydrogen (secondary N) is 1. The zero-order chi connectivity index (χ0) is 17.4. The Morgan fingerprint density at radius 1 is 1.24 bits per heavy atom. The summed E-state index contributed by atoms with van der Waals surface area (Å²) in [5.41, 5.74) is 4.93. The van der Waals surface area contributed by atoms with Crippen molar-refractivity contribution in [1.29, 1.82) is 0 Å². The van der Waals surface area contributed by atoms with Gasteiger partial charge in [0, 0.05) is 23.3 Å². The fraction of sp³-hybridized carbons (Fsp3) is 0.111. The van der Waals surface area contributed by atoms with E-state index in [1.807, 2.05) is 5.38 Å². The molecule has 0 aliphatic rings. The fourth-order valence-corrected chi connectivity index (χ4v) is 3.51. The van der Waals surface area contributed by atoms with Crippen LogP contribution in [0.15, 0.2) is 48.1 Å². The molecule has 0 fully saturated rings. The average molecular weight is 349 g/mol. The summed E-state index contributed by atoms with van der Waals surface area (Å²) < 4.78 is 1.77. The molecule has 1 amide bonds. The van der Waals surface area contributed by atoms with Gasteiger partial charge in [0.05, 0.1) is 11.3 Å². The number of hydrogen-bond donors (Lipinski definition) is 1. The van der Waals surface area contributed by atoms with E-state index in [1.54, 1.807) is 22.8 Å². The predicted molar refractivity (Wildman–Crippen MR) is 98.0 cm³/mol. The number of nitrogens with zero attached hydrogens (tertiary/aromatic N) is 4. The van der Waals surface area contributed by atoms with Crippen molar-refractivity contribution >= 4 is 28.2 Å². The highest BCUT2D eigenvalue weighted by Gasteiger charge is 2.15. The maximum atomic E-state index is 12.2. The molecule has 4 aromatic rings. The molecule has 3 heterocycles. The van der Waals surface area contributed by atoms with Gasteiger partial charge in [-0.2, -0.15) is 4.98 Å². The molecule has 0 saturated carbocycles. The first-order valence-corrected chi connectivity index (χ1v) is 8.63. The number of anilines is 1. The smallest absolute Gasteiger partial charge is 0.259 e. The normalized spacial score (nSPS) is 11.0. The van der Waals surface area contributed by atoms with E-state index in [4.69, 9.17) is 0 Å². The van der Waals surface area contributed by atoms with Crippen molar-refractivity contribution in [3.05, 3.63) is 64.8 Å². The van der Waals surface area contributed by atoms with E-state index in [2.05, 4.69) is 52.4 Å². The molecule has 1 aromatic carbocycles. The Hall–Kier alpha value is -3.06. The summed E-state index contributed by atoms with van der Waals surface area (Å²) in [6, 6.07) is 9.71. The summed E-state index contributed by atoms with van der Waals surface area (Å²) >= 11 is 1.49. The molecule has 25 heavy (non-hydrogen) atoms. The minimum Gasteiger partial charge on any atom is -0.289 e. The van der Waals surface area contributed by atoms with E-state index in [-0.39, 0.29) is 11.9 Å². The summed E-state index contributed by atoms with van der Waals surface area (Å²) in [5.74, 6) is 0.00568. The Bertz CT molecular complexity index is 1070. The Balaban J connectivity index is 1.68. The number of thiazole rings is 1. The van der Waals surface area contributed by atoms with Gasteiger partial charge in [-0.25, -0.2) is 4.52 Å². The number of aromatic nitrogens is 4. The van der Waals surface area contributed by atoms with E-state index in [0.29, 0.717) is 5.56 Å². The van der Waals surface area contributed by atoms with Crippen LogP contribution < -0.4 is 5.32 Å². The standard InChI is InChI=1S/C18H15N5OS/c1-11-5-6-14(12(2)8-11)15-10-25-18-21-17(22-23(15)18)20-16(24)13-4-3-7-19-9-13/h3-10H,1-2H3,(H,20,22,24). The Morgan fingerprint density at radius 3 is 2.88 bits per heavy atom. The first-order valence-electron chi connectivity index (χ1n) is 7.75. The van der Waals surface area contributed by atoms with Crippen LogP contribution in [0.3, 0.4) is 0 Å². The Morgan fingerprint density at radius 2 is 2.12 bits per heavy atom. The van der Waals surface area contributed by atoms with Gasteiger partial charge in [-0.05, 0) is 31.5 Å². The van der Waals surface area contributed by atoms with Gasteiger partial charge >= 0.3 is 0 Å². The van der Waals surface area contributed by atoms with Crippen molar-refractivity contribution in [3.8, 4) is 11.3 Å². The quantitative estimate of drug-likeness (QED) is 0.612. The third-order valence-corrected chi connectivity index (χ3v) is 4.70. The lowest BCUT2D eigenvalue weighted by molar-refractivity contribution is 0.102. The average Bonchev–Trinajstić information content (AvgIpc) is 3.16. The van der Waals surface area contributed by atoms with Gasteiger partial charge < -0.3 is 0 Å². The van der Waals surface area contributed by atoms with Crippen molar-refractivity contribution in [1.82, 2.24) is 19.6 Å². The fourth-order valence-electron chi connectivity index (χ4n) is 2.69. The number of benzene rings is 1. The minimum atomic E-state index is -0.278. The summed E-state index contributed by atoms with van der Waals surface area (Å²) in [4.78, 5) is 21.3. The third-order valence-electron chi connectivity index (χ3n) is 3.89. The van der Waals surface area contributed by atoms with Crippen LogP contribution in [0.25, 0.3) is 16.2 Å². The van der Waals surface area contributed by atoms with Gasteiger partial charge in [0.15, 0.2) is 0 Å². The summed E-state index contributed by atoms with van der Waals surface area (Å²) in [6.45, 7) is 4.15. The number of aryl methyl sites for hydroxylation is 2. The van der Waals surface area contributed by atoms with Crippen LogP contribution in [0.4, 0.5) is 5.95 Å². The number of fused-ring (bicyclic) bond motifs is 1. The maximum absolute atomic E-state index is 12.2. The highest BCUT2D eigenvalue weighted by atomic mass is 32.1. The van der Waals surface area contributed by atoms with E-state index >= 15 is 0 Å². The zero-order valence-electron chi connectivity index (χ0n) is 13.7. The molecule has 3 aromatic heterocycles. The van der Waals surface area contributed by atoms with Gasteiger partial charge in [0.1, 0.15) is 0 Å². The van der Waals surface area contributed by atoms with E-state index in [1.165, 1.54) is 28.7 Å². The summed E-state index contributed by atoms with van der Waals surface area (Å²) in [6.07, 6.45) is 3.13. The van der Waals surface area contributed by atoms with Crippen molar-refractivity contribution in [3.63, 3.8) is 0 Å². The minimum absolute atomic E-state index is 0.278. The van der Waals surface area contributed by atoms with Crippen LogP contribution in [-0.2, 0) is 0 Å². The molecule has 6 nitrogen and oxygen atoms in total. The Labute approximate surface area is 148 Å². The lowest BCUT2D eigenvalue weighted by Crippen LogP contribution is -2.13. The third kappa shape index (κ3) is 2.89. The molecular weight excluding hydrogens is 334 g/mol. The molecule has 0 bridgehead atoms. The summed E-state index contributed by atoms with van der Waals surface area (Å²) in [5, 5.41) is 9.19. The number of carbonyl (C=O) groups excluding carboxylic acids is 1. The van der Waals surface area contributed by atoms with Crippen LogP contribution in [0, 0.1) is 13.8 Å². The highest BCUT2D eigenvalue weighted by Crippen LogP contribution is 2.28. The van der Waals surface area contributed by atoms with Gasteiger partial charge in [-0.1, -0.05) is 23.8 Å². The van der Waals surface area contributed by atoms with Crippen LogP contribution >= 0.6 is 11.3 Å². The van der Waals surface area contributed by atoms with E-state index in [0.717, 1.165) is 16.2 Å². The molecule has 0 saturated heterocycles. The summed E-state index contributed by atoms with van der Waals surface area (Å²) in [7, 11) is 0. The van der Waals surface area contributed by atoms with Gasteiger partial charge in [0.2, 0.25) is 4.96 Å². The second-order valence-electron chi connectivity index (χ2n) is 5.76. The topological polar surface area (TPSA) is 72.2 Å². The highest BCUT2D eigenvalue weighted by molar-refractivity contribution is 7.15. The number of carbonyl (C=O) groups is 1. The molecule has 124 valence electrons. The molecule has 1 N–H and O–H groups in total. The number of rotatable bonds is 3. The number of amides is 1. The van der Waals surface area contributed by atoms with Crippen LogP contribution in [-0.4, -0.2) is 25.5 Å². The first-order chi connectivity index (χ1) is 12.1. The van der Waals surface area contributed by atoms with Gasteiger partial charge in [-0.15, -0.1) is 16.4 Å². The maximum Gasteiger partial charge on any atom is 0.259 e. The molecular formula is C18H15N5OS. The van der Waals surface area contributed by atoms with Crippen LogP contribution in [0.1, 0.15) is 21.5 Å². The van der Waals surface area contributed by atoms with Crippen LogP contribution in [0.2, 0.25) is 0 Å². The van der Waals surface area contributed by atoms with Crippen LogP contribution in [0.5, 0.6) is 0 Å². The van der Waals surface area contributed by atoms with E-state index in [9.17, 15) is 4.79 Å². The zero-order valence-corrected chi connectivity index (χ0v) is 14.5. The lowest BCUT2D eigenvalue weighted by Gasteiger charge is -2.05. The SMILES string of the molecule is Cc1ccc(-c2csc3nc(NC(=O)c4cccnc4)nn23)c(C)c1. The molecule has 0 unspecified atom stereocenters. The molecule has 0 atom stereocenters. The van der Waals surface area contributed by atoms with Gasteiger partial charge in [0.25, 0.3) is 11.9 Å². The Kier molecular flexibility index (Phi) is 3.77. The predicted octanol–water partition coefficient (Wildman–Crippen LogP) is 3.72. The second kappa shape index (κ2) is 6.10. The second-order valence-corrected chi connectivity index (χ2v) is 6.60. The molecule has 0 aliphatic heterocycles. The molecule has 0 spiro atoms. The van der Waals surface area contributed by atoms with E-state index < -0.39 is 0 Å². The number of pyridine rings is 1.